The van der Waals surface area contributed by atoms with Gasteiger partial charge in [-0.3, -0.25) is 9.36 Å². The summed E-state index contributed by atoms with van der Waals surface area (Å²) in [5.41, 5.74) is 1.40. The summed E-state index contributed by atoms with van der Waals surface area (Å²) in [5, 5.41) is 10.4. The number of rotatable bonds is 7. The van der Waals surface area contributed by atoms with Crippen molar-refractivity contribution in [2.45, 2.75) is 23.9 Å². The maximum absolute atomic E-state index is 12.5. The summed E-state index contributed by atoms with van der Waals surface area (Å²) in [6.45, 7) is 2.16. The number of hydrogen-bond donors (Lipinski definition) is 1. The Kier molecular flexibility index (Phi) is 6.33. The molecule has 0 fully saturated rings. The Bertz CT molecular complexity index is 1500. The molecule has 0 saturated carbocycles. The number of nitrogens with one attached hydrogen (secondary N) is 1. The lowest BCUT2D eigenvalue weighted by Gasteiger charge is -2.14. The van der Waals surface area contributed by atoms with Gasteiger partial charge in [-0.05, 0) is 43.3 Å². The fourth-order valence-electron chi connectivity index (χ4n) is 3.52. The van der Waals surface area contributed by atoms with Crippen LogP contribution in [0.25, 0.3) is 16.6 Å². The first-order valence-corrected chi connectivity index (χ1v) is 11.9. The van der Waals surface area contributed by atoms with Crippen molar-refractivity contribution in [3.63, 3.8) is 0 Å². The minimum Gasteiger partial charge on any atom is -0.484 e. The van der Waals surface area contributed by atoms with Crippen molar-refractivity contribution < 1.29 is 4.74 Å². The number of ether oxygens (including phenoxy) is 1. The van der Waals surface area contributed by atoms with Crippen molar-refractivity contribution >= 4 is 34.3 Å². The highest BCUT2D eigenvalue weighted by molar-refractivity contribution is 7.99. The molecule has 0 saturated heterocycles. The zero-order chi connectivity index (χ0) is 23.5. The molecule has 0 aliphatic carbocycles. The zero-order valence-corrected chi connectivity index (χ0v) is 19.8. The van der Waals surface area contributed by atoms with E-state index in [1.54, 1.807) is 12.1 Å². The van der Waals surface area contributed by atoms with Crippen LogP contribution in [0.15, 0.2) is 88.8 Å². The normalized spacial score (nSPS) is 12.1. The molecule has 5 rings (SSSR count). The molecule has 0 radical (unpaired) electrons. The minimum atomic E-state index is -0.179. The average molecular weight is 490 g/mol. The molecule has 9 heteroatoms. The molecule has 1 atom stereocenters. The second-order valence-electron chi connectivity index (χ2n) is 7.52. The van der Waals surface area contributed by atoms with E-state index in [9.17, 15) is 4.79 Å². The van der Waals surface area contributed by atoms with Crippen LogP contribution in [-0.4, -0.2) is 24.7 Å². The fraction of sp³-hybridized carbons (Fsp3) is 0.120. The number of aromatic nitrogens is 5. The first kappa shape index (κ1) is 22.2. The van der Waals surface area contributed by atoms with Gasteiger partial charge in [0.15, 0.2) is 11.0 Å². The number of halogens is 1. The van der Waals surface area contributed by atoms with Gasteiger partial charge in [0.1, 0.15) is 18.2 Å². The van der Waals surface area contributed by atoms with E-state index in [4.69, 9.17) is 16.3 Å². The van der Waals surface area contributed by atoms with E-state index in [0.717, 1.165) is 5.69 Å². The van der Waals surface area contributed by atoms with Crippen LogP contribution in [0.5, 0.6) is 5.75 Å². The van der Waals surface area contributed by atoms with Gasteiger partial charge in [0.25, 0.3) is 5.56 Å². The third-order valence-electron chi connectivity index (χ3n) is 5.21. The van der Waals surface area contributed by atoms with Gasteiger partial charge in [-0.1, -0.05) is 65.8 Å². The minimum absolute atomic E-state index is 0.161. The first-order valence-electron chi connectivity index (χ1n) is 10.6. The van der Waals surface area contributed by atoms with E-state index < -0.39 is 0 Å². The van der Waals surface area contributed by atoms with Crippen LogP contribution in [0.1, 0.15) is 23.8 Å². The molecule has 2 heterocycles. The third kappa shape index (κ3) is 4.55. The number of nitrogens with zero attached hydrogens (tertiary/aromatic N) is 4. The second kappa shape index (κ2) is 9.70. The van der Waals surface area contributed by atoms with Gasteiger partial charge in [0, 0.05) is 5.69 Å². The van der Waals surface area contributed by atoms with Gasteiger partial charge in [0.05, 0.1) is 21.2 Å². The van der Waals surface area contributed by atoms with Crippen LogP contribution in [0.2, 0.25) is 5.02 Å². The molecule has 0 spiro atoms. The smallest absolute Gasteiger partial charge is 0.258 e. The van der Waals surface area contributed by atoms with Crippen molar-refractivity contribution in [3.8, 4) is 11.4 Å². The molecule has 1 N–H and O–H groups in total. The van der Waals surface area contributed by atoms with Crippen LogP contribution < -0.4 is 10.3 Å². The average Bonchev–Trinajstić information content (AvgIpc) is 3.26. The van der Waals surface area contributed by atoms with E-state index in [0.29, 0.717) is 38.5 Å². The van der Waals surface area contributed by atoms with Gasteiger partial charge in [-0.25, -0.2) is 4.98 Å². The molecule has 7 nitrogen and oxygen atoms in total. The first-order chi connectivity index (χ1) is 16.6. The zero-order valence-electron chi connectivity index (χ0n) is 18.2. The van der Waals surface area contributed by atoms with Crippen LogP contribution in [-0.2, 0) is 6.61 Å². The summed E-state index contributed by atoms with van der Waals surface area (Å²) in [7, 11) is 0. The van der Waals surface area contributed by atoms with Gasteiger partial charge in [-0.2, -0.15) is 0 Å². The highest BCUT2D eigenvalue weighted by Gasteiger charge is 2.20. The van der Waals surface area contributed by atoms with Crippen LogP contribution >= 0.6 is 23.4 Å². The maximum atomic E-state index is 12.5. The lowest BCUT2D eigenvalue weighted by atomic mass is 10.2. The van der Waals surface area contributed by atoms with Crippen LogP contribution in [0.4, 0.5) is 0 Å². The van der Waals surface area contributed by atoms with Crippen molar-refractivity contribution in [2.24, 2.45) is 0 Å². The summed E-state index contributed by atoms with van der Waals surface area (Å²) >= 11 is 7.69. The largest absolute Gasteiger partial charge is 0.484 e. The molecule has 2 aromatic heterocycles. The molecule has 5 aromatic rings. The van der Waals surface area contributed by atoms with Crippen molar-refractivity contribution in [1.29, 1.82) is 0 Å². The van der Waals surface area contributed by atoms with Gasteiger partial charge in [-0.15, -0.1) is 10.2 Å². The number of para-hydroxylation sites is 3. The van der Waals surface area contributed by atoms with E-state index >= 15 is 0 Å². The Morgan fingerprint density at radius 2 is 1.74 bits per heavy atom. The Balaban J connectivity index is 1.47. The monoisotopic (exact) mass is 489 g/mol. The number of H-pyrrole nitrogens is 1. The molecule has 0 aliphatic heterocycles. The number of fused-ring (bicyclic) bond motifs is 1. The van der Waals surface area contributed by atoms with Crippen molar-refractivity contribution in [1.82, 2.24) is 24.7 Å². The van der Waals surface area contributed by atoms with E-state index in [-0.39, 0.29) is 17.4 Å². The molecular weight excluding hydrogens is 470 g/mol. The lowest BCUT2D eigenvalue weighted by molar-refractivity contribution is 0.293. The Morgan fingerprint density at radius 1 is 1.00 bits per heavy atom. The number of benzene rings is 3. The molecular formula is C25H20ClN5O2S. The van der Waals surface area contributed by atoms with Crippen LogP contribution in [0, 0.1) is 0 Å². The summed E-state index contributed by atoms with van der Waals surface area (Å²) in [6, 6.07) is 24.4. The SMILES string of the molecule is CC(Sc1nnc(COc2ccccc2Cl)n1-c1ccccc1)c1nc2ccccc2c(=O)[nH]1. The van der Waals surface area contributed by atoms with Gasteiger partial charge >= 0.3 is 0 Å². The Morgan fingerprint density at radius 3 is 2.56 bits per heavy atom. The molecule has 1 unspecified atom stereocenters. The molecule has 3 aromatic carbocycles. The summed E-state index contributed by atoms with van der Waals surface area (Å²) in [6.07, 6.45) is 0. The molecule has 170 valence electrons. The van der Waals surface area contributed by atoms with Crippen molar-refractivity contribution in [2.75, 3.05) is 0 Å². The number of aromatic amines is 1. The third-order valence-corrected chi connectivity index (χ3v) is 6.57. The predicted octanol–water partition coefficient (Wildman–Crippen LogP) is 5.59. The topological polar surface area (TPSA) is 85.7 Å². The molecule has 0 amide bonds. The standard InChI is InChI=1S/C25H20ClN5O2S/c1-16(23-27-20-13-7-5-11-18(20)24(32)28-23)34-25-30-29-22(31(25)17-9-3-2-4-10-17)15-33-21-14-8-6-12-19(21)26/h2-14,16H,15H2,1H3,(H,27,28,32). The highest BCUT2D eigenvalue weighted by Crippen LogP contribution is 2.34. The van der Waals surface area contributed by atoms with Gasteiger partial charge < -0.3 is 9.72 Å². The summed E-state index contributed by atoms with van der Waals surface area (Å²) in [4.78, 5) is 20.1. The van der Waals surface area contributed by atoms with E-state index in [1.807, 2.05) is 78.2 Å². The Hall–Kier alpha value is -3.62. The second-order valence-corrected chi connectivity index (χ2v) is 9.23. The molecule has 34 heavy (non-hydrogen) atoms. The molecule has 0 aliphatic rings. The number of thioether (sulfide) groups is 1. The lowest BCUT2D eigenvalue weighted by Crippen LogP contribution is -2.13. The Labute approximate surface area is 204 Å². The summed E-state index contributed by atoms with van der Waals surface area (Å²) < 4.78 is 7.87. The predicted molar refractivity (Wildman–Crippen MR) is 134 cm³/mol. The van der Waals surface area contributed by atoms with Crippen molar-refractivity contribution in [3.05, 3.63) is 106 Å². The maximum Gasteiger partial charge on any atom is 0.258 e. The van der Waals surface area contributed by atoms with E-state index in [1.165, 1.54) is 11.8 Å². The van der Waals surface area contributed by atoms with Crippen LogP contribution in [0.3, 0.4) is 0 Å². The number of hydrogen-bond acceptors (Lipinski definition) is 6. The van der Waals surface area contributed by atoms with E-state index in [2.05, 4.69) is 20.2 Å². The molecule has 0 bridgehead atoms. The summed E-state index contributed by atoms with van der Waals surface area (Å²) in [5.74, 6) is 1.78. The fourth-order valence-corrected chi connectivity index (χ4v) is 4.66. The highest BCUT2D eigenvalue weighted by atomic mass is 35.5. The van der Waals surface area contributed by atoms with Gasteiger partial charge in [0.2, 0.25) is 0 Å². The quantitative estimate of drug-likeness (QED) is 0.300.